The standard InChI is InChI=1S/C18H32N2/c1-4-6-7-8-9-10-11-14-17(19-3)18-16(5-2)13-12-15-20-18/h12-13,15,17,19H,4-11,14H2,1-3H3. The highest BCUT2D eigenvalue weighted by Crippen LogP contribution is 2.22. The van der Waals surface area contributed by atoms with Crippen LogP contribution in [0.15, 0.2) is 18.3 Å². The Morgan fingerprint density at radius 3 is 2.40 bits per heavy atom. The van der Waals surface area contributed by atoms with E-state index in [9.17, 15) is 0 Å². The Bertz CT molecular complexity index is 349. The summed E-state index contributed by atoms with van der Waals surface area (Å²) in [4.78, 5) is 4.60. The van der Waals surface area contributed by atoms with Gasteiger partial charge in [-0.15, -0.1) is 0 Å². The van der Waals surface area contributed by atoms with Crippen molar-refractivity contribution >= 4 is 0 Å². The molecular formula is C18H32N2. The van der Waals surface area contributed by atoms with Crippen LogP contribution in [-0.4, -0.2) is 12.0 Å². The molecule has 0 aliphatic heterocycles. The number of rotatable bonds is 11. The van der Waals surface area contributed by atoms with E-state index in [1.807, 2.05) is 12.3 Å². The third kappa shape index (κ3) is 6.04. The Labute approximate surface area is 125 Å². The topological polar surface area (TPSA) is 24.9 Å². The van der Waals surface area contributed by atoms with Gasteiger partial charge in [0.25, 0.3) is 0 Å². The highest BCUT2D eigenvalue weighted by atomic mass is 14.9. The first-order chi connectivity index (χ1) is 9.83. The number of nitrogens with zero attached hydrogens (tertiary/aromatic N) is 1. The number of hydrogen-bond donors (Lipinski definition) is 1. The van der Waals surface area contributed by atoms with Crippen molar-refractivity contribution in [3.8, 4) is 0 Å². The van der Waals surface area contributed by atoms with Crippen LogP contribution in [0.3, 0.4) is 0 Å². The third-order valence-corrected chi connectivity index (χ3v) is 4.08. The molecule has 0 saturated heterocycles. The van der Waals surface area contributed by atoms with Crippen LogP contribution in [-0.2, 0) is 6.42 Å². The summed E-state index contributed by atoms with van der Waals surface area (Å²) < 4.78 is 0. The predicted octanol–water partition coefficient (Wildman–Crippen LogP) is 5.05. The molecule has 1 unspecified atom stereocenters. The molecule has 0 spiro atoms. The molecular weight excluding hydrogens is 244 g/mol. The van der Waals surface area contributed by atoms with E-state index in [2.05, 4.69) is 37.3 Å². The van der Waals surface area contributed by atoms with Gasteiger partial charge in [-0.2, -0.15) is 0 Å². The lowest BCUT2D eigenvalue weighted by Gasteiger charge is -2.18. The first-order valence-corrected chi connectivity index (χ1v) is 8.44. The summed E-state index contributed by atoms with van der Waals surface area (Å²) in [6.45, 7) is 4.48. The fourth-order valence-corrected chi connectivity index (χ4v) is 2.79. The van der Waals surface area contributed by atoms with Gasteiger partial charge < -0.3 is 5.32 Å². The SMILES string of the molecule is CCCCCCCCCC(NC)c1ncccc1CC. The van der Waals surface area contributed by atoms with Gasteiger partial charge in [-0.25, -0.2) is 0 Å². The molecule has 1 aromatic rings. The van der Waals surface area contributed by atoms with E-state index in [0.717, 1.165) is 6.42 Å². The fraction of sp³-hybridized carbons (Fsp3) is 0.722. The smallest absolute Gasteiger partial charge is 0.0604 e. The number of nitrogens with one attached hydrogen (secondary N) is 1. The zero-order chi connectivity index (χ0) is 14.6. The van der Waals surface area contributed by atoms with Gasteiger partial charge in [0, 0.05) is 12.2 Å². The van der Waals surface area contributed by atoms with Crippen LogP contribution in [0, 0.1) is 0 Å². The molecule has 1 aromatic heterocycles. The molecule has 2 nitrogen and oxygen atoms in total. The average molecular weight is 276 g/mol. The highest BCUT2D eigenvalue weighted by Gasteiger charge is 2.13. The normalized spacial score (nSPS) is 12.6. The number of unbranched alkanes of at least 4 members (excludes halogenated alkanes) is 6. The van der Waals surface area contributed by atoms with Gasteiger partial charge in [-0.05, 0) is 31.5 Å². The molecule has 0 aromatic carbocycles. The number of hydrogen-bond acceptors (Lipinski definition) is 2. The van der Waals surface area contributed by atoms with Crippen LogP contribution < -0.4 is 5.32 Å². The monoisotopic (exact) mass is 276 g/mol. The lowest BCUT2D eigenvalue weighted by molar-refractivity contribution is 0.485. The van der Waals surface area contributed by atoms with Gasteiger partial charge in [0.2, 0.25) is 0 Å². The summed E-state index contributed by atoms with van der Waals surface area (Å²) in [6, 6.07) is 4.67. The van der Waals surface area contributed by atoms with Crippen molar-refractivity contribution < 1.29 is 0 Å². The second-order valence-corrected chi connectivity index (χ2v) is 5.65. The predicted molar refractivity (Wildman–Crippen MR) is 88.0 cm³/mol. The molecule has 1 rings (SSSR count). The second kappa shape index (κ2) is 10.8. The number of aromatic nitrogens is 1. The summed E-state index contributed by atoms with van der Waals surface area (Å²) in [6.07, 6.45) is 13.8. The molecule has 0 fully saturated rings. The van der Waals surface area contributed by atoms with Gasteiger partial charge in [0.15, 0.2) is 0 Å². The van der Waals surface area contributed by atoms with Crippen molar-refractivity contribution in [2.24, 2.45) is 0 Å². The molecule has 2 heteroatoms. The Morgan fingerprint density at radius 1 is 1.05 bits per heavy atom. The van der Waals surface area contributed by atoms with E-state index in [-0.39, 0.29) is 0 Å². The molecule has 114 valence electrons. The van der Waals surface area contributed by atoms with Crippen LogP contribution >= 0.6 is 0 Å². The molecule has 0 radical (unpaired) electrons. The fourth-order valence-electron chi connectivity index (χ4n) is 2.79. The van der Waals surface area contributed by atoms with E-state index in [1.54, 1.807) is 0 Å². The summed E-state index contributed by atoms with van der Waals surface area (Å²) in [7, 11) is 2.06. The quantitative estimate of drug-likeness (QED) is 0.572. The van der Waals surface area contributed by atoms with E-state index < -0.39 is 0 Å². The average Bonchev–Trinajstić information content (AvgIpc) is 2.50. The molecule has 0 bridgehead atoms. The molecule has 20 heavy (non-hydrogen) atoms. The van der Waals surface area contributed by atoms with Crippen LogP contribution in [0.2, 0.25) is 0 Å². The van der Waals surface area contributed by atoms with Gasteiger partial charge in [-0.3, -0.25) is 4.98 Å². The maximum atomic E-state index is 4.60. The minimum absolute atomic E-state index is 0.418. The summed E-state index contributed by atoms with van der Waals surface area (Å²) in [5.74, 6) is 0. The molecule has 1 atom stereocenters. The zero-order valence-corrected chi connectivity index (χ0v) is 13.6. The maximum Gasteiger partial charge on any atom is 0.0604 e. The number of pyridine rings is 1. The van der Waals surface area contributed by atoms with Gasteiger partial charge in [0.05, 0.1) is 5.69 Å². The Balaban J connectivity index is 2.32. The van der Waals surface area contributed by atoms with Crippen LogP contribution in [0.25, 0.3) is 0 Å². The van der Waals surface area contributed by atoms with Gasteiger partial charge in [0.1, 0.15) is 0 Å². The van der Waals surface area contributed by atoms with Crippen molar-refractivity contribution in [2.75, 3.05) is 7.05 Å². The zero-order valence-electron chi connectivity index (χ0n) is 13.6. The van der Waals surface area contributed by atoms with Crippen molar-refractivity contribution in [2.45, 2.75) is 77.7 Å². The largest absolute Gasteiger partial charge is 0.312 e. The molecule has 0 aliphatic carbocycles. The number of aryl methyl sites for hydroxylation is 1. The van der Waals surface area contributed by atoms with Gasteiger partial charge in [-0.1, -0.05) is 64.9 Å². The lowest BCUT2D eigenvalue weighted by atomic mass is 9.99. The van der Waals surface area contributed by atoms with Crippen molar-refractivity contribution in [1.29, 1.82) is 0 Å². The molecule has 0 aliphatic rings. The van der Waals surface area contributed by atoms with Crippen molar-refractivity contribution in [3.63, 3.8) is 0 Å². The summed E-state index contributed by atoms with van der Waals surface area (Å²) in [5, 5.41) is 3.44. The Morgan fingerprint density at radius 2 is 1.75 bits per heavy atom. The van der Waals surface area contributed by atoms with Crippen molar-refractivity contribution in [1.82, 2.24) is 10.3 Å². The third-order valence-electron chi connectivity index (χ3n) is 4.08. The minimum Gasteiger partial charge on any atom is -0.312 e. The first kappa shape index (κ1) is 17.2. The van der Waals surface area contributed by atoms with Crippen LogP contribution in [0.1, 0.15) is 82.5 Å². The van der Waals surface area contributed by atoms with E-state index in [4.69, 9.17) is 0 Å². The molecule has 0 amide bonds. The Hall–Kier alpha value is -0.890. The van der Waals surface area contributed by atoms with E-state index in [0.29, 0.717) is 6.04 Å². The lowest BCUT2D eigenvalue weighted by Crippen LogP contribution is -2.19. The van der Waals surface area contributed by atoms with Gasteiger partial charge >= 0.3 is 0 Å². The molecule has 1 heterocycles. The van der Waals surface area contributed by atoms with Crippen LogP contribution in [0.5, 0.6) is 0 Å². The van der Waals surface area contributed by atoms with E-state index >= 15 is 0 Å². The Kier molecular flexibility index (Phi) is 9.31. The molecule has 1 N–H and O–H groups in total. The maximum absolute atomic E-state index is 4.60. The van der Waals surface area contributed by atoms with Crippen LogP contribution in [0.4, 0.5) is 0 Å². The molecule has 0 saturated carbocycles. The van der Waals surface area contributed by atoms with E-state index in [1.165, 1.54) is 62.6 Å². The summed E-state index contributed by atoms with van der Waals surface area (Å²) >= 11 is 0. The second-order valence-electron chi connectivity index (χ2n) is 5.65. The summed E-state index contributed by atoms with van der Waals surface area (Å²) in [5.41, 5.74) is 2.64. The highest BCUT2D eigenvalue weighted by molar-refractivity contribution is 5.22. The van der Waals surface area contributed by atoms with Crippen molar-refractivity contribution in [3.05, 3.63) is 29.6 Å². The minimum atomic E-state index is 0.418. The first-order valence-electron chi connectivity index (χ1n) is 8.44.